The van der Waals surface area contributed by atoms with Gasteiger partial charge in [-0.05, 0) is 32.7 Å². The predicted octanol–water partition coefficient (Wildman–Crippen LogP) is 1.84. The summed E-state index contributed by atoms with van der Waals surface area (Å²) in [6.07, 6.45) is 3.80. The van der Waals surface area contributed by atoms with Crippen molar-refractivity contribution in [2.24, 2.45) is 5.84 Å². The first-order valence-corrected chi connectivity index (χ1v) is 7.96. The maximum Gasteiger partial charge on any atom is 0.148 e. The van der Waals surface area contributed by atoms with Crippen LogP contribution in [0.25, 0.3) is 0 Å². The van der Waals surface area contributed by atoms with Crippen LogP contribution in [-0.4, -0.2) is 40.0 Å². The number of hydrazine groups is 1. The summed E-state index contributed by atoms with van der Waals surface area (Å²) in [6, 6.07) is 1.16. The van der Waals surface area contributed by atoms with E-state index < -0.39 is 0 Å². The largest absolute Gasteiger partial charge is 0.365 e. The first-order chi connectivity index (χ1) is 10.1. The van der Waals surface area contributed by atoms with E-state index >= 15 is 0 Å². The number of nitrogens with one attached hydrogen (secondary N) is 2. The average Bonchev–Trinajstić information content (AvgIpc) is 3.05. The van der Waals surface area contributed by atoms with Gasteiger partial charge in [0, 0.05) is 30.1 Å². The lowest BCUT2D eigenvalue weighted by atomic mass is 10.1. The van der Waals surface area contributed by atoms with E-state index in [1.54, 1.807) is 0 Å². The first-order valence-electron chi connectivity index (χ1n) is 7.96. The second-order valence-corrected chi connectivity index (χ2v) is 6.49. The Morgan fingerprint density at radius 2 is 1.95 bits per heavy atom. The number of aromatic nitrogens is 2. The van der Waals surface area contributed by atoms with Gasteiger partial charge in [-0.1, -0.05) is 13.8 Å². The number of hydrogen-bond donors (Lipinski definition) is 3. The molecular formula is C15H26N6. The lowest BCUT2D eigenvalue weighted by Crippen LogP contribution is -2.34. The Morgan fingerprint density at radius 3 is 2.67 bits per heavy atom. The molecule has 0 spiro atoms. The molecule has 2 aliphatic rings. The van der Waals surface area contributed by atoms with Crippen molar-refractivity contribution in [3.05, 3.63) is 11.4 Å². The van der Waals surface area contributed by atoms with Crippen molar-refractivity contribution in [1.82, 2.24) is 14.9 Å². The molecule has 4 N–H and O–H groups in total. The third kappa shape index (κ3) is 2.70. The third-order valence-electron chi connectivity index (χ3n) is 4.74. The predicted molar refractivity (Wildman–Crippen MR) is 85.3 cm³/mol. The normalized spacial score (nSPS) is 25.4. The fraction of sp³-hybridized carbons (Fsp3) is 0.733. The van der Waals surface area contributed by atoms with Gasteiger partial charge in [0.1, 0.15) is 17.5 Å². The zero-order valence-corrected chi connectivity index (χ0v) is 13.2. The SMILES string of the molecule is Cc1c(NN)nc(C(C)C)nc1NC1CCN2CCCC12. The molecule has 6 heteroatoms. The quantitative estimate of drug-likeness (QED) is 0.580. The smallest absolute Gasteiger partial charge is 0.148 e. The van der Waals surface area contributed by atoms with Gasteiger partial charge in [0.25, 0.3) is 0 Å². The van der Waals surface area contributed by atoms with Gasteiger partial charge >= 0.3 is 0 Å². The summed E-state index contributed by atoms with van der Waals surface area (Å²) in [7, 11) is 0. The zero-order valence-electron chi connectivity index (χ0n) is 13.2. The molecule has 21 heavy (non-hydrogen) atoms. The summed E-state index contributed by atoms with van der Waals surface area (Å²) >= 11 is 0. The minimum atomic E-state index is 0.282. The summed E-state index contributed by atoms with van der Waals surface area (Å²) in [5.74, 6) is 8.37. The van der Waals surface area contributed by atoms with Crippen LogP contribution in [0.4, 0.5) is 11.6 Å². The lowest BCUT2D eigenvalue weighted by molar-refractivity contribution is 0.318. The Bertz CT molecular complexity index is 515. The van der Waals surface area contributed by atoms with Gasteiger partial charge in [0.15, 0.2) is 0 Å². The van der Waals surface area contributed by atoms with Gasteiger partial charge in [-0.2, -0.15) is 0 Å². The fourth-order valence-corrected chi connectivity index (χ4v) is 3.50. The van der Waals surface area contributed by atoms with E-state index in [1.807, 2.05) is 6.92 Å². The fourth-order valence-electron chi connectivity index (χ4n) is 3.50. The maximum atomic E-state index is 5.61. The molecule has 0 radical (unpaired) electrons. The standard InChI is InChI=1S/C15H26N6/c1-9(2)13-18-14(10(3)15(19-13)20-16)17-11-6-8-21-7-4-5-12(11)21/h9,11-12H,4-8,16H2,1-3H3,(H2,17,18,19,20). The van der Waals surface area contributed by atoms with Crippen molar-refractivity contribution in [2.75, 3.05) is 23.8 Å². The molecule has 3 rings (SSSR count). The molecule has 2 saturated heterocycles. The Kier molecular flexibility index (Phi) is 3.99. The van der Waals surface area contributed by atoms with Crippen LogP contribution in [0.2, 0.25) is 0 Å². The van der Waals surface area contributed by atoms with E-state index in [0.717, 1.165) is 23.0 Å². The number of nitrogens with two attached hydrogens (primary N) is 1. The van der Waals surface area contributed by atoms with E-state index in [2.05, 4.69) is 34.5 Å². The summed E-state index contributed by atoms with van der Waals surface area (Å²) < 4.78 is 0. The van der Waals surface area contributed by atoms with E-state index in [1.165, 1.54) is 32.4 Å². The average molecular weight is 290 g/mol. The lowest BCUT2D eigenvalue weighted by Gasteiger charge is -2.23. The van der Waals surface area contributed by atoms with Crippen molar-refractivity contribution in [2.45, 2.75) is 58.0 Å². The minimum absolute atomic E-state index is 0.282. The second-order valence-electron chi connectivity index (χ2n) is 6.49. The summed E-state index contributed by atoms with van der Waals surface area (Å²) in [4.78, 5) is 11.8. The first kappa shape index (κ1) is 14.5. The topological polar surface area (TPSA) is 79.1 Å². The molecule has 0 bridgehead atoms. The maximum absolute atomic E-state index is 5.61. The van der Waals surface area contributed by atoms with Gasteiger partial charge in [-0.15, -0.1) is 0 Å². The number of nitrogen functional groups attached to an aromatic ring is 1. The Morgan fingerprint density at radius 1 is 1.19 bits per heavy atom. The highest BCUT2D eigenvalue weighted by molar-refractivity contribution is 5.57. The Balaban J connectivity index is 1.85. The van der Waals surface area contributed by atoms with Crippen molar-refractivity contribution >= 4 is 11.6 Å². The number of hydrogen-bond acceptors (Lipinski definition) is 6. The molecule has 0 aromatic carbocycles. The van der Waals surface area contributed by atoms with E-state index in [9.17, 15) is 0 Å². The van der Waals surface area contributed by atoms with E-state index in [4.69, 9.17) is 10.8 Å². The van der Waals surface area contributed by atoms with Gasteiger partial charge in [0.05, 0.1) is 0 Å². The van der Waals surface area contributed by atoms with Crippen molar-refractivity contribution in [3.63, 3.8) is 0 Å². The molecule has 1 aromatic heterocycles. The minimum Gasteiger partial charge on any atom is -0.365 e. The van der Waals surface area contributed by atoms with Crippen LogP contribution in [0.15, 0.2) is 0 Å². The van der Waals surface area contributed by atoms with Crippen LogP contribution in [0, 0.1) is 6.92 Å². The molecule has 0 aliphatic carbocycles. The highest BCUT2D eigenvalue weighted by atomic mass is 15.3. The molecule has 2 unspecified atom stereocenters. The van der Waals surface area contributed by atoms with Crippen molar-refractivity contribution in [1.29, 1.82) is 0 Å². The number of rotatable bonds is 4. The molecule has 2 aliphatic heterocycles. The third-order valence-corrected chi connectivity index (χ3v) is 4.74. The van der Waals surface area contributed by atoms with Crippen LogP contribution in [-0.2, 0) is 0 Å². The molecule has 0 saturated carbocycles. The molecule has 0 amide bonds. The number of anilines is 2. The molecule has 6 nitrogen and oxygen atoms in total. The summed E-state index contributed by atoms with van der Waals surface area (Å²) in [6.45, 7) is 8.67. The number of nitrogens with zero attached hydrogens (tertiary/aromatic N) is 3. The second kappa shape index (κ2) is 5.77. The van der Waals surface area contributed by atoms with Gasteiger partial charge in [-0.3, -0.25) is 4.90 Å². The zero-order chi connectivity index (χ0) is 15.0. The van der Waals surface area contributed by atoms with Crippen LogP contribution in [0.1, 0.15) is 50.4 Å². The Labute approximate surface area is 126 Å². The van der Waals surface area contributed by atoms with Crippen molar-refractivity contribution in [3.8, 4) is 0 Å². The molecule has 2 fully saturated rings. The van der Waals surface area contributed by atoms with Gasteiger partial charge in [0.2, 0.25) is 0 Å². The van der Waals surface area contributed by atoms with Gasteiger partial charge < -0.3 is 10.7 Å². The molecule has 2 atom stereocenters. The highest BCUT2D eigenvalue weighted by Crippen LogP contribution is 2.31. The monoisotopic (exact) mass is 290 g/mol. The van der Waals surface area contributed by atoms with Crippen LogP contribution in [0.5, 0.6) is 0 Å². The Hall–Kier alpha value is -1.40. The van der Waals surface area contributed by atoms with Crippen LogP contribution >= 0.6 is 0 Å². The summed E-state index contributed by atoms with van der Waals surface area (Å²) in [5.41, 5.74) is 3.70. The van der Waals surface area contributed by atoms with E-state index in [-0.39, 0.29) is 5.92 Å². The van der Waals surface area contributed by atoms with Crippen molar-refractivity contribution < 1.29 is 0 Å². The van der Waals surface area contributed by atoms with Crippen LogP contribution in [0.3, 0.4) is 0 Å². The highest BCUT2D eigenvalue weighted by Gasteiger charge is 2.37. The number of fused-ring (bicyclic) bond motifs is 1. The van der Waals surface area contributed by atoms with Gasteiger partial charge in [-0.25, -0.2) is 15.8 Å². The molecule has 1 aromatic rings. The summed E-state index contributed by atoms with van der Waals surface area (Å²) in [5, 5.41) is 3.66. The molecular weight excluding hydrogens is 264 g/mol. The molecule has 116 valence electrons. The van der Waals surface area contributed by atoms with Crippen LogP contribution < -0.4 is 16.6 Å². The van der Waals surface area contributed by atoms with E-state index in [0.29, 0.717) is 12.1 Å². The molecule has 3 heterocycles.